The Labute approximate surface area is 112 Å². The third kappa shape index (κ3) is 3.46. The Morgan fingerprint density at radius 1 is 1.56 bits per heavy atom. The minimum atomic E-state index is -0.0994. The summed E-state index contributed by atoms with van der Waals surface area (Å²) >= 11 is 1.68. The maximum Gasteiger partial charge on any atom is 0.315 e. The molecular weight excluding hydrogens is 248 g/mol. The number of carbonyl (C=O) groups excluding carboxylic acids is 1. The van der Waals surface area contributed by atoms with Gasteiger partial charge in [-0.2, -0.15) is 0 Å². The lowest BCUT2D eigenvalue weighted by Gasteiger charge is -2.22. The van der Waals surface area contributed by atoms with Crippen LogP contribution in [0.1, 0.15) is 31.2 Å². The summed E-state index contributed by atoms with van der Waals surface area (Å²) in [5.74, 6) is 0.370. The quantitative estimate of drug-likeness (QED) is 0.881. The van der Waals surface area contributed by atoms with Crippen LogP contribution in [-0.2, 0) is 4.74 Å². The minimum absolute atomic E-state index is 0.0762. The Bertz CT molecular complexity index is 372. The molecule has 0 aromatic carbocycles. The van der Waals surface area contributed by atoms with E-state index in [4.69, 9.17) is 4.74 Å². The average Bonchev–Trinajstić information content (AvgIpc) is 2.97. The zero-order chi connectivity index (χ0) is 13.0. The lowest BCUT2D eigenvalue weighted by atomic mass is 10.0. The van der Waals surface area contributed by atoms with Gasteiger partial charge in [0.25, 0.3) is 0 Å². The topological polar surface area (TPSA) is 50.4 Å². The number of hydrogen-bond donors (Lipinski definition) is 2. The van der Waals surface area contributed by atoms with E-state index in [9.17, 15) is 4.79 Å². The van der Waals surface area contributed by atoms with Crippen LogP contribution in [0.15, 0.2) is 17.5 Å². The summed E-state index contributed by atoms with van der Waals surface area (Å²) in [6, 6.07) is 4.21. The molecule has 0 aliphatic carbocycles. The number of ether oxygens (including phenoxy) is 1. The molecule has 5 heteroatoms. The van der Waals surface area contributed by atoms with Crippen molar-refractivity contribution < 1.29 is 9.53 Å². The van der Waals surface area contributed by atoms with E-state index in [1.165, 1.54) is 4.88 Å². The number of nitrogens with one attached hydrogen (secondary N) is 2. The van der Waals surface area contributed by atoms with Crippen LogP contribution in [0.4, 0.5) is 4.79 Å². The Morgan fingerprint density at radius 2 is 2.39 bits per heavy atom. The van der Waals surface area contributed by atoms with Crippen LogP contribution in [0.5, 0.6) is 0 Å². The molecule has 100 valence electrons. The normalized spacial score (nSPS) is 20.9. The molecule has 2 atom stereocenters. The van der Waals surface area contributed by atoms with Gasteiger partial charge in [0.2, 0.25) is 0 Å². The molecule has 2 N–H and O–H groups in total. The Kier molecular flexibility index (Phi) is 4.60. The van der Waals surface area contributed by atoms with Crippen molar-refractivity contribution in [3.05, 3.63) is 22.4 Å². The molecule has 0 bridgehead atoms. The summed E-state index contributed by atoms with van der Waals surface area (Å²) in [4.78, 5) is 13.1. The Hall–Kier alpha value is -1.07. The second kappa shape index (κ2) is 6.20. The molecule has 2 rings (SSSR count). The van der Waals surface area contributed by atoms with E-state index < -0.39 is 0 Å². The van der Waals surface area contributed by atoms with Crippen LogP contribution < -0.4 is 10.6 Å². The van der Waals surface area contributed by atoms with Gasteiger partial charge in [-0.05, 0) is 23.8 Å². The second-order valence-electron chi connectivity index (χ2n) is 4.92. The number of hydrogen-bond acceptors (Lipinski definition) is 3. The van der Waals surface area contributed by atoms with E-state index in [-0.39, 0.29) is 18.1 Å². The van der Waals surface area contributed by atoms with E-state index >= 15 is 0 Å². The Morgan fingerprint density at radius 3 is 2.94 bits per heavy atom. The van der Waals surface area contributed by atoms with Crippen molar-refractivity contribution in [2.24, 2.45) is 5.92 Å². The van der Waals surface area contributed by atoms with Crippen molar-refractivity contribution in [3.8, 4) is 0 Å². The highest BCUT2D eigenvalue weighted by atomic mass is 32.1. The van der Waals surface area contributed by atoms with Crippen molar-refractivity contribution >= 4 is 17.4 Å². The number of thiophene rings is 1. The van der Waals surface area contributed by atoms with E-state index in [0.29, 0.717) is 12.5 Å². The standard InChI is InChI=1S/C13H20N2O2S/c1-9(2)12(11-4-3-7-18-11)15-13(16)14-10-5-6-17-8-10/h3-4,7,9-10,12H,5-6,8H2,1-2H3,(H2,14,15,16). The monoisotopic (exact) mass is 268 g/mol. The summed E-state index contributed by atoms with van der Waals surface area (Å²) < 4.78 is 5.24. The molecule has 2 unspecified atom stereocenters. The summed E-state index contributed by atoms with van der Waals surface area (Å²) in [6.07, 6.45) is 0.902. The van der Waals surface area contributed by atoms with E-state index in [1.54, 1.807) is 11.3 Å². The highest BCUT2D eigenvalue weighted by Gasteiger charge is 2.22. The molecular formula is C13H20N2O2S. The predicted molar refractivity (Wildman–Crippen MR) is 72.8 cm³/mol. The first-order valence-electron chi connectivity index (χ1n) is 6.35. The minimum Gasteiger partial charge on any atom is -0.379 e. The van der Waals surface area contributed by atoms with Gasteiger partial charge >= 0.3 is 6.03 Å². The fourth-order valence-electron chi connectivity index (χ4n) is 2.05. The summed E-state index contributed by atoms with van der Waals surface area (Å²) in [5, 5.41) is 8.04. The van der Waals surface area contributed by atoms with Gasteiger partial charge in [-0.1, -0.05) is 19.9 Å². The predicted octanol–water partition coefficient (Wildman–Crippen LogP) is 2.53. The summed E-state index contributed by atoms with van der Waals surface area (Å²) in [6.45, 7) is 5.59. The number of amides is 2. The molecule has 0 saturated carbocycles. The third-order valence-corrected chi connectivity index (χ3v) is 4.02. The first-order chi connectivity index (χ1) is 8.66. The van der Waals surface area contributed by atoms with Crippen molar-refractivity contribution in [1.82, 2.24) is 10.6 Å². The van der Waals surface area contributed by atoms with Crippen molar-refractivity contribution in [1.29, 1.82) is 0 Å². The van der Waals surface area contributed by atoms with Crippen LogP contribution in [0.25, 0.3) is 0 Å². The largest absolute Gasteiger partial charge is 0.379 e. The molecule has 1 aromatic rings. The molecule has 0 spiro atoms. The average molecular weight is 268 g/mol. The van der Waals surface area contributed by atoms with Crippen molar-refractivity contribution in [2.45, 2.75) is 32.4 Å². The maximum atomic E-state index is 11.9. The number of rotatable bonds is 4. The van der Waals surface area contributed by atoms with E-state index in [2.05, 4.69) is 30.5 Å². The number of carbonyl (C=O) groups is 1. The van der Waals surface area contributed by atoms with E-state index in [0.717, 1.165) is 13.0 Å². The molecule has 0 radical (unpaired) electrons. The maximum absolute atomic E-state index is 11.9. The van der Waals surface area contributed by atoms with Gasteiger partial charge in [-0.15, -0.1) is 11.3 Å². The van der Waals surface area contributed by atoms with Crippen molar-refractivity contribution in [2.75, 3.05) is 13.2 Å². The molecule has 2 heterocycles. The van der Waals surface area contributed by atoms with Crippen LogP contribution >= 0.6 is 11.3 Å². The fraction of sp³-hybridized carbons (Fsp3) is 0.615. The van der Waals surface area contributed by atoms with Gasteiger partial charge in [0, 0.05) is 11.5 Å². The first kappa shape index (κ1) is 13.4. The van der Waals surface area contributed by atoms with Crippen LogP contribution in [0.3, 0.4) is 0 Å². The Balaban J connectivity index is 1.90. The smallest absolute Gasteiger partial charge is 0.315 e. The van der Waals surface area contributed by atoms with Crippen LogP contribution in [0.2, 0.25) is 0 Å². The lowest BCUT2D eigenvalue weighted by molar-refractivity contribution is 0.187. The molecule has 1 aliphatic heterocycles. The lowest BCUT2D eigenvalue weighted by Crippen LogP contribution is -2.44. The van der Waals surface area contributed by atoms with E-state index in [1.807, 2.05) is 11.4 Å². The number of urea groups is 1. The fourth-order valence-corrected chi connectivity index (χ4v) is 3.00. The molecule has 1 saturated heterocycles. The molecule has 1 aliphatic rings. The van der Waals surface area contributed by atoms with Crippen LogP contribution in [0, 0.1) is 5.92 Å². The second-order valence-corrected chi connectivity index (χ2v) is 5.89. The zero-order valence-electron chi connectivity index (χ0n) is 10.8. The molecule has 2 amide bonds. The summed E-state index contributed by atoms with van der Waals surface area (Å²) in [7, 11) is 0. The van der Waals surface area contributed by atoms with Gasteiger partial charge in [-0.3, -0.25) is 0 Å². The molecule has 1 aromatic heterocycles. The highest BCUT2D eigenvalue weighted by Crippen LogP contribution is 2.25. The van der Waals surface area contributed by atoms with Gasteiger partial charge in [0.05, 0.1) is 18.7 Å². The van der Waals surface area contributed by atoms with Crippen LogP contribution in [-0.4, -0.2) is 25.3 Å². The molecule has 1 fully saturated rings. The highest BCUT2D eigenvalue weighted by molar-refractivity contribution is 7.10. The first-order valence-corrected chi connectivity index (χ1v) is 7.23. The van der Waals surface area contributed by atoms with Gasteiger partial charge < -0.3 is 15.4 Å². The SMILES string of the molecule is CC(C)C(NC(=O)NC1CCOC1)c1cccs1. The van der Waals surface area contributed by atoms with Crippen molar-refractivity contribution in [3.63, 3.8) is 0 Å². The van der Waals surface area contributed by atoms with Gasteiger partial charge in [0.15, 0.2) is 0 Å². The zero-order valence-corrected chi connectivity index (χ0v) is 11.6. The van der Waals surface area contributed by atoms with Gasteiger partial charge in [0.1, 0.15) is 0 Å². The summed E-state index contributed by atoms with van der Waals surface area (Å²) in [5.41, 5.74) is 0. The third-order valence-electron chi connectivity index (χ3n) is 3.07. The molecule has 18 heavy (non-hydrogen) atoms. The molecule has 4 nitrogen and oxygen atoms in total. The van der Waals surface area contributed by atoms with Gasteiger partial charge in [-0.25, -0.2) is 4.79 Å².